The van der Waals surface area contributed by atoms with Gasteiger partial charge in [0.15, 0.2) is 17.3 Å². The molecule has 0 saturated carbocycles. The van der Waals surface area contributed by atoms with Gasteiger partial charge in [-0.1, -0.05) is 18.2 Å². The number of rotatable bonds is 11. The summed E-state index contributed by atoms with van der Waals surface area (Å²) in [4.78, 5) is 24.9. The highest BCUT2D eigenvalue weighted by molar-refractivity contribution is 6.01. The number of ether oxygens (including phenoxy) is 4. The number of phenols is 4. The van der Waals surface area contributed by atoms with Crippen LogP contribution in [0, 0.1) is 0 Å². The Morgan fingerprint density at radius 2 is 1.55 bits per heavy atom. The minimum absolute atomic E-state index is 0.0562. The summed E-state index contributed by atoms with van der Waals surface area (Å²) in [5.41, 5.74) is 0.933. The topological polar surface area (TPSA) is 213 Å². The molecule has 0 unspecified atom stereocenters. The van der Waals surface area contributed by atoms with Crippen LogP contribution < -0.4 is 9.47 Å². The van der Waals surface area contributed by atoms with Crippen LogP contribution >= 0.6 is 0 Å². The predicted octanol–water partition coefficient (Wildman–Crippen LogP) is 1.78. The molecule has 4 rings (SSSR count). The third-order valence-electron chi connectivity index (χ3n) is 6.85. The number of methoxy groups -OCH3 is 1. The lowest BCUT2D eigenvalue weighted by molar-refractivity contribution is -0.278. The third kappa shape index (κ3) is 7.76. The van der Waals surface area contributed by atoms with Crippen LogP contribution in [0.5, 0.6) is 34.5 Å². The van der Waals surface area contributed by atoms with Gasteiger partial charge in [0.2, 0.25) is 6.29 Å². The first-order valence-corrected chi connectivity index (χ1v) is 13.4. The summed E-state index contributed by atoms with van der Waals surface area (Å²) in [6.45, 7) is -0.544. The molecule has 13 heteroatoms. The van der Waals surface area contributed by atoms with E-state index in [9.17, 15) is 45.3 Å². The Morgan fingerprint density at radius 1 is 0.864 bits per heavy atom. The van der Waals surface area contributed by atoms with E-state index in [0.717, 1.165) is 23.8 Å². The summed E-state index contributed by atoms with van der Waals surface area (Å²) >= 11 is 0. The van der Waals surface area contributed by atoms with Crippen molar-refractivity contribution < 1.29 is 64.3 Å². The van der Waals surface area contributed by atoms with Crippen LogP contribution in [0.4, 0.5) is 0 Å². The first kappa shape index (κ1) is 32.1. The van der Waals surface area contributed by atoms with Gasteiger partial charge < -0.3 is 54.7 Å². The van der Waals surface area contributed by atoms with Gasteiger partial charge in [-0.15, -0.1) is 0 Å². The second-order valence-corrected chi connectivity index (χ2v) is 9.95. The molecule has 1 aliphatic heterocycles. The summed E-state index contributed by atoms with van der Waals surface area (Å²) in [6.07, 6.45) is -5.49. The van der Waals surface area contributed by atoms with E-state index in [1.165, 1.54) is 43.5 Å². The van der Waals surface area contributed by atoms with Gasteiger partial charge in [0.25, 0.3) is 0 Å². The molecule has 1 heterocycles. The second kappa shape index (κ2) is 14.1. The molecule has 3 aromatic carbocycles. The van der Waals surface area contributed by atoms with E-state index < -0.39 is 60.6 Å². The molecule has 0 aromatic heterocycles. The summed E-state index contributed by atoms with van der Waals surface area (Å²) in [7, 11) is 1.37. The van der Waals surface area contributed by atoms with Crippen LogP contribution in [-0.2, 0) is 20.7 Å². The monoisotopic (exact) mass is 612 g/mol. The number of hydrogen-bond acceptors (Lipinski definition) is 13. The Hall–Kier alpha value is -4.82. The predicted molar refractivity (Wildman–Crippen MR) is 152 cm³/mol. The van der Waals surface area contributed by atoms with Crippen molar-refractivity contribution >= 4 is 17.8 Å². The maximum absolute atomic E-state index is 12.7. The van der Waals surface area contributed by atoms with Crippen LogP contribution in [0.3, 0.4) is 0 Å². The van der Waals surface area contributed by atoms with Gasteiger partial charge in [-0.25, -0.2) is 4.79 Å². The van der Waals surface area contributed by atoms with E-state index in [0.29, 0.717) is 5.56 Å². The number of aliphatic hydroxyl groups excluding tert-OH is 3. The fourth-order valence-electron chi connectivity index (χ4n) is 4.45. The molecule has 1 aliphatic rings. The van der Waals surface area contributed by atoms with Gasteiger partial charge in [0.05, 0.1) is 7.11 Å². The summed E-state index contributed by atoms with van der Waals surface area (Å²) < 4.78 is 21.1. The van der Waals surface area contributed by atoms with Crippen molar-refractivity contribution in [1.82, 2.24) is 0 Å². The van der Waals surface area contributed by atoms with Crippen LogP contribution in [0.15, 0.2) is 60.7 Å². The number of carbonyl (C=O) groups is 2. The Labute approximate surface area is 251 Å². The molecular formula is C31H32O13. The molecule has 0 radical (unpaired) electrons. The molecule has 0 bridgehead atoms. The molecular weight excluding hydrogens is 580 g/mol. The minimum atomic E-state index is -1.78. The molecule has 13 nitrogen and oxygen atoms in total. The zero-order valence-electron chi connectivity index (χ0n) is 23.4. The van der Waals surface area contributed by atoms with Crippen molar-refractivity contribution in [2.24, 2.45) is 0 Å². The Balaban J connectivity index is 1.37. The highest BCUT2D eigenvalue weighted by Gasteiger charge is 2.45. The molecule has 3 aromatic rings. The van der Waals surface area contributed by atoms with Gasteiger partial charge >= 0.3 is 5.97 Å². The first-order chi connectivity index (χ1) is 21.0. The van der Waals surface area contributed by atoms with Crippen molar-refractivity contribution in [3.05, 3.63) is 77.4 Å². The van der Waals surface area contributed by atoms with Gasteiger partial charge in [-0.2, -0.15) is 0 Å². The first-order valence-electron chi connectivity index (χ1n) is 13.4. The van der Waals surface area contributed by atoms with Crippen molar-refractivity contribution in [1.29, 1.82) is 0 Å². The number of carbonyl (C=O) groups excluding carboxylic acids is 2. The van der Waals surface area contributed by atoms with E-state index in [1.807, 2.05) is 0 Å². The molecule has 1 saturated heterocycles. The lowest BCUT2D eigenvalue weighted by Crippen LogP contribution is -2.60. The second-order valence-electron chi connectivity index (χ2n) is 9.95. The van der Waals surface area contributed by atoms with Crippen molar-refractivity contribution in [2.75, 3.05) is 13.7 Å². The number of ketones is 1. The summed E-state index contributed by atoms with van der Waals surface area (Å²) in [6, 6.07) is 12.7. The molecule has 5 atom stereocenters. The van der Waals surface area contributed by atoms with Crippen LogP contribution in [-0.4, -0.2) is 91.9 Å². The molecule has 0 spiro atoms. The maximum atomic E-state index is 12.7. The van der Waals surface area contributed by atoms with Crippen LogP contribution in [0.2, 0.25) is 0 Å². The molecule has 44 heavy (non-hydrogen) atoms. The summed E-state index contributed by atoms with van der Waals surface area (Å²) in [5.74, 6) is -2.63. The molecule has 1 fully saturated rings. The van der Waals surface area contributed by atoms with Gasteiger partial charge in [-0.3, -0.25) is 4.79 Å². The summed E-state index contributed by atoms with van der Waals surface area (Å²) in [5, 5.41) is 71.1. The lowest BCUT2D eigenvalue weighted by Gasteiger charge is -2.39. The standard InChI is InChI=1S/C31H32O13/c1-41-24-12-17(5-9-20(24)33)6-11-26(37)42-15-25-28(38)29(39)30(40)31(44-25)43-19-13-22(35)27(23(36)14-19)21(34)10-4-16-2-7-18(32)8-3-16/h2-3,5-9,11-14,25,28-33,35-36,38-40H,4,10,15H2,1H3/t25-,28-,29+,30-,31-/m1/s1. The van der Waals surface area contributed by atoms with E-state index in [-0.39, 0.29) is 41.4 Å². The number of aryl methyl sites for hydroxylation is 1. The van der Waals surface area contributed by atoms with E-state index in [2.05, 4.69) is 0 Å². The number of aromatic hydroxyl groups is 4. The zero-order chi connectivity index (χ0) is 32.0. The normalized spacial score (nSPS) is 21.6. The largest absolute Gasteiger partial charge is 0.508 e. The van der Waals surface area contributed by atoms with Crippen molar-refractivity contribution in [2.45, 2.75) is 43.5 Å². The smallest absolute Gasteiger partial charge is 0.330 e. The number of Topliss-reactive ketones (excluding diaryl/α,β-unsaturated/α-hetero) is 1. The number of hydrogen-bond donors (Lipinski definition) is 7. The molecule has 234 valence electrons. The number of esters is 1. The average molecular weight is 613 g/mol. The molecule has 7 N–H and O–H groups in total. The van der Waals surface area contributed by atoms with Crippen LogP contribution in [0.1, 0.15) is 27.9 Å². The Morgan fingerprint density at radius 3 is 2.20 bits per heavy atom. The average Bonchev–Trinajstić information content (AvgIpc) is 2.99. The molecule has 0 aliphatic carbocycles. The number of aliphatic hydroxyl groups is 3. The quantitative estimate of drug-likeness (QED) is 0.0936. The van der Waals surface area contributed by atoms with E-state index >= 15 is 0 Å². The SMILES string of the molecule is COc1cc(C=CC(=O)OC[C@H]2O[C@@H](Oc3cc(O)c(C(=O)CCc4ccc(O)cc4)c(O)c3)[C@H](O)[C@@H](O)[C@@H]2O)ccc1O. The maximum Gasteiger partial charge on any atom is 0.330 e. The lowest BCUT2D eigenvalue weighted by atomic mass is 9.99. The minimum Gasteiger partial charge on any atom is -0.508 e. The van der Waals surface area contributed by atoms with Crippen molar-refractivity contribution in [3.8, 4) is 34.5 Å². The Bertz CT molecular complexity index is 1480. The fourth-order valence-corrected chi connectivity index (χ4v) is 4.45. The molecule has 0 amide bonds. The van der Waals surface area contributed by atoms with Gasteiger partial charge in [0.1, 0.15) is 59.6 Å². The van der Waals surface area contributed by atoms with E-state index in [4.69, 9.17) is 18.9 Å². The highest BCUT2D eigenvalue weighted by Crippen LogP contribution is 2.35. The van der Waals surface area contributed by atoms with Gasteiger partial charge in [-0.05, 0) is 47.9 Å². The zero-order valence-corrected chi connectivity index (χ0v) is 23.4. The van der Waals surface area contributed by atoms with E-state index in [1.54, 1.807) is 12.1 Å². The third-order valence-corrected chi connectivity index (χ3v) is 6.85. The number of benzene rings is 3. The van der Waals surface area contributed by atoms with Crippen molar-refractivity contribution in [3.63, 3.8) is 0 Å². The highest BCUT2D eigenvalue weighted by atomic mass is 16.7. The van der Waals surface area contributed by atoms with Gasteiger partial charge in [0, 0.05) is 24.6 Å². The van der Waals surface area contributed by atoms with Crippen LogP contribution in [0.25, 0.3) is 6.08 Å². The Kier molecular flexibility index (Phi) is 10.3. The number of phenolic OH excluding ortho intramolecular Hbond substituents is 4. The fraction of sp³-hybridized carbons (Fsp3) is 0.290.